The van der Waals surface area contributed by atoms with Crippen molar-refractivity contribution >= 4 is 39.2 Å². The number of aromatic nitrogens is 6. The Bertz CT molecular complexity index is 2020. The van der Waals surface area contributed by atoms with Gasteiger partial charge in [-0.3, -0.25) is 19.9 Å². The maximum absolute atomic E-state index is 15.4. The topological polar surface area (TPSA) is 128 Å². The number of hydrogen-bond donors (Lipinski definition) is 4. The lowest BCUT2D eigenvalue weighted by Gasteiger charge is -2.12. The fourth-order valence-electron chi connectivity index (χ4n) is 5.19. The molecule has 0 unspecified atom stereocenters. The van der Waals surface area contributed by atoms with E-state index in [1.165, 1.54) is 18.2 Å². The number of carbonyl (C=O) groups excluding carboxylic acids is 1. The first-order chi connectivity index (χ1) is 21.6. The Morgan fingerprint density at radius 1 is 0.978 bits per heavy atom. The van der Waals surface area contributed by atoms with Gasteiger partial charge >= 0.3 is 0 Å². The van der Waals surface area contributed by atoms with Crippen LogP contribution in [-0.4, -0.2) is 68.1 Å². The second-order valence-electron chi connectivity index (χ2n) is 11.7. The van der Waals surface area contributed by atoms with Gasteiger partial charge in [0.25, 0.3) is 0 Å². The maximum Gasteiger partial charge on any atom is 0.224 e. The van der Waals surface area contributed by atoms with Crippen molar-refractivity contribution in [2.24, 2.45) is 5.92 Å². The van der Waals surface area contributed by atoms with Crippen molar-refractivity contribution in [3.05, 3.63) is 72.7 Å². The zero-order valence-electron chi connectivity index (χ0n) is 25.4. The van der Waals surface area contributed by atoms with Crippen molar-refractivity contribution in [3.8, 4) is 33.9 Å². The number of H-pyrrole nitrogens is 2. The van der Waals surface area contributed by atoms with E-state index < -0.39 is 11.6 Å². The van der Waals surface area contributed by atoms with Crippen LogP contribution in [0.3, 0.4) is 0 Å². The lowest BCUT2D eigenvalue weighted by atomic mass is 10.0. The monoisotopic (exact) mass is 609 g/mol. The van der Waals surface area contributed by atoms with E-state index in [2.05, 4.69) is 35.8 Å². The van der Waals surface area contributed by atoms with E-state index in [0.717, 1.165) is 6.54 Å². The zero-order valence-corrected chi connectivity index (χ0v) is 25.4. The minimum atomic E-state index is -0.522. The predicted octanol–water partition coefficient (Wildman–Crippen LogP) is 6.47. The van der Waals surface area contributed by atoms with E-state index in [0.29, 0.717) is 74.7 Å². The van der Waals surface area contributed by atoms with E-state index in [4.69, 9.17) is 4.98 Å². The van der Waals surface area contributed by atoms with Gasteiger partial charge in [-0.05, 0) is 68.0 Å². The summed E-state index contributed by atoms with van der Waals surface area (Å²) in [4.78, 5) is 31.2. The van der Waals surface area contributed by atoms with Crippen LogP contribution in [0.1, 0.15) is 20.3 Å². The Morgan fingerprint density at radius 2 is 1.80 bits per heavy atom. The highest BCUT2D eigenvalue weighted by Crippen LogP contribution is 2.34. The number of halogens is 2. The Labute approximate surface area is 258 Å². The highest BCUT2D eigenvalue weighted by Gasteiger charge is 2.19. The number of pyridine rings is 2. The molecule has 0 aliphatic heterocycles. The molecule has 4 aromatic heterocycles. The number of hydrogen-bond acceptors (Lipinski definition) is 7. The van der Waals surface area contributed by atoms with Crippen molar-refractivity contribution in [1.29, 1.82) is 0 Å². The molecule has 0 bridgehead atoms. The van der Waals surface area contributed by atoms with Crippen molar-refractivity contribution in [3.63, 3.8) is 0 Å². The summed E-state index contributed by atoms with van der Waals surface area (Å²) < 4.78 is 30.0. The van der Waals surface area contributed by atoms with Gasteiger partial charge in [0.1, 0.15) is 22.5 Å². The number of amides is 1. The molecule has 2 aromatic carbocycles. The predicted molar refractivity (Wildman–Crippen MR) is 173 cm³/mol. The van der Waals surface area contributed by atoms with Gasteiger partial charge < -0.3 is 20.5 Å². The largest absolute Gasteiger partial charge is 0.384 e. The summed E-state index contributed by atoms with van der Waals surface area (Å²) in [5.41, 5.74) is 5.27. The molecule has 0 atom stereocenters. The third kappa shape index (κ3) is 6.50. The first-order valence-electron chi connectivity index (χ1n) is 14.6. The van der Waals surface area contributed by atoms with Crippen LogP contribution >= 0.6 is 0 Å². The Hall–Kier alpha value is -5.23. The number of benzene rings is 2. The first-order valence-corrected chi connectivity index (χ1v) is 14.6. The number of likely N-dealkylation sites (N-methyl/N-ethyl adjacent to an activating group) is 1. The highest BCUT2D eigenvalue weighted by molar-refractivity contribution is 5.98. The van der Waals surface area contributed by atoms with Crippen molar-refractivity contribution in [2.75, 3.05) is 37.8 Å². The molecule has 0 aliphatic carbocycles. The lowest BCUT2D eigenvalue weighted by Crippen LogP contribution is -2.20. The molecule has 12 heteroatoms. The van der Waals surface area contributed by atoms with Gasteiger partial charge in [0.15, 0.2) is 11.6 Å². The molecular weight excluding hydrogens is 576 g/mol. The molecule has 0 saturated heterocycles. The molecule has 4 heterocycles. The number of nitrogens with zero attached hydrogens (tertiary/aromatic N) is 5. The number of rotatable bonds is 10. The van der Waals surface area contributed by atoms with Crippen LogP contribution in [-0.2, 0) is 4.79 Å². The van der Waals surface area contributed by atoms with Gasteiger partial charge in [0.2, 0.25) is 5.91 Å². The summed E-state index contributed by atoms with van der Waals surface area (Å²) in [6.07, 6.45) is 5.18. The second kappa shape index (κ2) is 12.4. The molecule has 4 N–H and O–H groups in total. The zero-order chi connectivity index (χ0) is 31.7. The van der Waals surface area contributed by atoms with Gasteiger partial charge in [0.05, 0.1) is 23.1 Å². The molecule has 0 saturated carbocycles. The van der Waals surface area contributed by atoms with Crippen molar-refractivity contribution in [2.45, 2.75) is 20.3 Å². The fourth-order valence-corrected chi connectivity index (χ4v) is 5.19. The van der Waals surface area contributed by atoms with Crippen molar-refractivity contribution < 1.29 is 13.6 Å². The van der Waals surface area contributed by atoms with E-state index in [1.807, 2.05) is 38.9 Å². The molecule has 0 fully saturated rings. The molecule has 230 valence electrons. The van der Waals surface area contributed by atoms with Gasteiger partial charge in [-0.15, -0.1) is 0 Å². The molecule has 1 amide bonds. The summed E-state index contributed by atoms with van der Waals surface area (Å²) in [5.74, 6) is -0.395. The van der Waals surface area contributed by atoms with Crippen LogP contribution in [0.25, 0.3) is 55.8 Å². The van der Waals surface area contributed by atoms with Crippen LogP contribution in [0.15, 0.2) is 61.1 Å². The van der Waals surface area contributed by atoms with Gasteiger partial charge in [-0.1, -0.05) is 13.8 Å². The number of nitrogens with one attached hydrogen (secondary N) is 4. The van der Waals surface area contributed by atoms with Crippen LogP contribution in [0.2, 0.25) is 0 Å². The Morgan fingerprint density at radius 3 is 2.60 bits per heavy atom. The summed E-state index contributed by atoms with van der Waals surface area (Å²) in [6, 6.07) is 11.4. The summed E-state index contributed by atoms with van der Waals surface area (Å²) in [5, 5.41) is 13.8. The van der Waals surface area contributed by atoms with E-state index in [-0.39, 0.29) is 17.3 Å². The molecule has 6 aromatic rings. The van der Waals surface area contributed by atoms with Crippen molar-refractivity contribution in [1.82, 2.24) is 35.0 Å². The maximum atomic E-state index is 15.4. The molecule has 0 radical (unpaired) electrons. The van der Waals surface area contributed by atoms with Crippen LogP contribution in [0.5, 0.6) is 0 Å². The van der Waals surface area contributed by atoms with Gasteiger partial charge in [-0.25, -0.2) is 13.8 Å². The molecule has 0 aliphatic rings. The molecule has 10 nitrogen and oxygen atoms in total. The minimum absolute atomic E-state index is 0.114. The summed E-state index contributed by atoms with van der Waals surface area (Å²) >= 11 is 0. The third-order valence-electron chi connectivity index (χ3n) is 7.26. The van der Waals surface area contributed by atoms with E-state index in [9.17, 15) is 9.18 Å². The summed E-state index contributed by atoms with van der Waals surface area (Å²) in [7, 11) is 3.95. The number of carbonyl (C=O) groups is 1. The Kier molecular flexibility index (Phi) is 8.22. The van der Waals surface area contributed by atoms with Crippen LogP contribution in [0.4, 0.5) is 20.2 Å². The van der Waals surface area contributed by atoms with E-state index in [1.54, 1.807) is 36.8 Å². The quantitative estimate of drug-likeness (QED) is 0.140. The first kappa shape index (κ1) is 29.8. The van der Waals surface area contributed by atoms with Crippen LogP contribution < -0.4 is 10.6 Å². The van der Waals surface area contributed by atoms with E-state index >= 15 is 4.39 Å². The molecule has 6 rings (SSSR count). The number of aromatic amines is 2. The standard InChI is InChI=1S/C33H33F2N9O/c1-18(2)9-28(45)39-24-12-21(16-36-17-24)19-13-25-30(26(35)14-19)42-43-31(25)33-40-27-5-6-38-29(32(27)41-33)20-10-22(34)15-23(11-20)37-7-8-44(3)4/h5-6,10-18,37H,7-9H2,1-4H3,(H,39,45)(H,40,41)(H,42,43). The summed E-state index contributed by atoms with van der Waals surface area (Å²) in [6.45, 7) is 5.38. The third-order valence-corrected chi connectivity index (χ3v) is 7.26. The van der Waals surface area contributed by atoms with Gasteiger partial charge in [-0.2, -0.15) is 5.10 Å². The highest BCUT2D eigenvalue weighted by atomic mass is 19.1. The number of fused-ring (bicyclic) bond motifs is 2. The lowest BCUT2D eigenvalue weighted by molar-refractivity contribution is -0.116. The SMILES string of the molecule is CC(C)CC(=O)Nc1cncc(-c2cc(F)c3n[nH]c(-c4nc5c(-c6cc(F)cc(NCCN(C)C)c6)nccc5[nH]4)c3c2)c1. The average molecular weight is 610 g/mol. The normalized spacial score (nSPS) is 11.6. The number of anilines is 2. The van der Waals surface area contributed by atoms with Crippen LogP contribution in [0, 0.1) is 17.6 Å². The number of imidazole rings is 1. The fraction of sp³-hybridized carbons (Fsp3) is 0.242. The second-order valence-corrected chi connectivity index (χ2v) is 11.7. The van der Waals surface area contributed by atoms with Gasteiger partial charge in [0, 0.05) is 54.1 Å². The Balaban J connectivity index is 1.36. The minimum Gasteiger partial charge on any atom is -0.384 e. The molecule has 0 spiro atoms. The average Bonchev–Trinajstić information content (AvgIpc) is 3.61. The molecule has 45 heavy (non-hydrogen) atoms. The smallest absolute Gasteiger partial charge is 0.224 e. The molecular formula is C33H33F2N9O.